The van der Waals surface area contributed by atoms with Gasteiger partial charge in [-0.25, -0.2) is 13.8 Å². The maximum Gasteiger partial charge on any atom is 0.153 e. The lowest BCUT2D eigenvalue weighted by atomic mass is 10.1. The summed E-state index contributed by atoms with van der Waals surface area (Å²) in [5.74, 6) is -0.761. The van der Waals surface area contributed by atoms with Gasteiger partial charge in [-0.1, -0.05) is 0 Å². The van der Waals surface area contributed by atoms with Crippen molar-refractivity contribution in [3.8, 4) is 17.1 Å². The summed E-state index contributed by atoms with van der Waals surface area (Å²) < 4.78 is 26.7. The van der Waals surface area contributed by atoms with Crippen LogP contribution in [0.5, 0.6) is 5.75 Å². The summed E-state index contributed by atoms with van der Waals surface area (Å²) in [6.45, 7) is 1.80. The van der Waals surface area contributed by atoms with Gasteiger partial charge in [0.15, 0.2) is 5.82 Å². The molecule has 0 amide bonds. The van der Waals surface area contributed by atoms with Crippen LogP contribution in [0.25, 0.3) is 22.4 Å². The van der Waals surface area contributed by atoms with Crippen LogP contribution in [0.1, 0.15) is 5.56 Å². The summed E-state index contributed by atoms with van der Waals surface area (Å²) in [5.41, 5.74) is 1.93. The minimum atomic E-state index is -0.700. The highest BCUT2D eigenvalue weighted by Gasteiger charge is 2.12. The van der Waals surface area contributed by atoms with Crippen molar-refractivity contribution in [2.24, 2.45) is 0 Å². The number of fused-ring (bicyclic) bond motifs is 1. The average Bonchev–Trinajstić information content (AvgIpc) is 2.72. The Hall–Kier alpha value is -2.43. The molecule has 0 unspecified atom stereocenters. The van der Waals surface area contributed by atoms with Crippen LogP contribution in [0.3, 0.4) is 0 Å². The molecule has 1 heterocycles. The molecule has 5 heteroatoms. The average molecular weight is 260 g/mol. The third kappa shape index (κ3) is 1.93. The normalized spacial score (nSPS) is 11.1. The fraction of sp³-hybridized carbons (Fsp3) is 0.0714. The molecule has 0 radical (unpaired) electrons. The predicted molar refractivity (Wildman–Crippen MR) is 67.8 cm³/mol. The zero-order chi connectivity index (χ0) is 13.6. The Kier molecular flexibility index (Phi) is 2.48. The van der Waals surface area contributed by atoms with Gasteiger partial charge in [-0.2, -0.15) is 0 Å². The number of aromatic hydroxyl groups is 1. The molecule has 3 aromatic rings. The monoisotopic (exact) mass is 260 g/mol. The molecule has 19 heavy (non-hydrogen) atoms. The molecular weight excluding hydrogens is 250 g/mol. The Balaban J connectivity index is 2.23. The summed E-state index contributed by atoms with van der Waals surface area (Å²) in [7, 11) is 0. The number of aromatic nitrogens is 2. The minimum Gasteiger partial charge on any atom is -0.508 e. The van der Waals surface area contributed by atoms with Crippen LogP contribution in [0.15, 0.2) is 30.3 Å². The molecule has 0 spiro atoms. The van der Waals surface area contributed by atoms with Crippen molar-refractivity contribution in [3.05, 3.63) is 47.5 Å². The largest absolute Gasteiger partial charge is 0.508 e. The molecule has 2 N–H and O–H groups in total. The molecule has 0 saturated heterocycles. The number of hydrogen-bond acceptors (Lipinski definition) is 2. The van der Waals surface area contributed by atoms with Gasteiger partial charge in [0.1, 0.15) is 22.9 Å². The van der Waals surface area contributed by atoms with Crippen molar-refractivity contribution >= 4 is 11.0 Å². The van der Waals surface area contributed by atoms with E-state index in [-0.39, 0.29) is 11.3 Å². The summed E-state index contributed by atoms with van der Waals surface area (Å²) >= 11 is 0. The number of H-pyrrole nitrogens is 1. The van der Waals surface area contributed by atoms with Gasteiger partial charge in [0.2, 0.25) is 0 Å². The third-order valence-corrected chi connectivity index (χ3v) is 2.97. The number of halogens is 2. The lowest BCUT2D eigenvalue weighted by Crippen LogP contribution is -1.85. The van der Waals surface area contributed by atoms with Gasteiger partial charge in [-0.15, -0.1) is 0 Å². The van der Waals surface area contributed by atoms with E-state index in [4.69, 9.17) is 0 Å². The van der Waals surface area contributed by atoms with Crippen molar-refractivity contribution in [1.29, 1.82) is 0 Å². The summed E-state index contributed by atoms with van der Waals surface area (Å²) in [6, 6.07) is 6.78. The molecule has 3 rings (SSSR count). The van der Waals surface area contributed by atoms with Crippen LogP contribution in [0, 0.1) is 18.6 Å². The second kappa shape index (κ2) is 4.05. The summed E-state index contributed by atoms with van der Waals surface area (Å²) in [5, 5.41) is 9.36. The van der Waals surface area contributed by atoms with E-state index in [2.05, 4.69) is 9.97 Å². The summed E-state index contributed by atoms with van der Waals surface area (Å²) in [6.07, 6.45) is 0. The number of phenols is 1. The topological polar surface area (TPSA) is 48.9 Å². The molecule has 0 bridgehead atoms. The molecule has 2 aromatic carbocycles. The van der Waals surface area contributed by atoms with Gasteiger partial charge in [0.05, 0.1) is 5.52 Å². The van der Waals surface area contributed by atoms with Crippen molar-refractivity contribution in [3.63, 3.8) is 0 Å². The van der Waals surface area contributed by atoms with E-state index in [1.807, 2.05) is 0 Å². The zero-order valence-electron chi connectivity index (χ0n) is 10.0. The molecule has 0 aliphatic carbocycles. The van der Waals surface area contributed by atoms with Crippen molar-refractivity contribution in [2.75, 3.05) is 0 Å². The number of aryl methyl sites for hydroxylation is 1. The maximum atomic E-state index is 13.6. The first-order valence-corrected chi connectivity index (χ1v) is 5.69. The second-order valence-electron chi connectivity index (χ2n) is 4.37. The van der Waals surface area contributed by atoms with Gasteiger partial charge >= 0.3 is 0 Å². The number of imidazole rings is 1. The van der Waals surface area contributed by atoms with Crippen molar-refractivity contribution in [1.82, 2.24) is 9.97 Å². The van der Waals surface area contributed by atoms with Crippen LogP contribution in [-0.4, -0.2) is 15.1 Å². The first-order chi connectivity index (χ1) is 9.04. The minimum absolute atomic E-state index is 0.101. The van der Waals surface area contributed by atoms with Crippen molar-refractivity contribution < 1.29 is 13.9 Å². The first kappa shape index (κ1) is 11.6. The Morgan fingerprint density at radius 3 is 2.68 bits per heavy atom. The number of phenolic OH excluding ortho intramolecular Hbond substituents is 1. The molecule has 3 nitrogen and oxygen atoms in total. The standard InChI is InChI=1S/C14H10F2N2O/c1-7-4-9(19)2-3-10(7)14-17-12-6-8(15)5-11(16)13(12)18-14/h2-6,19H,1H3,(H,17,18). The van der Waals surface area contributed by atoms with Gasteiger partial charge in [0, 0.05) is 11.6 Å². The lowest BCUT2D eigenvalue weighted by molar-refractivity contribution is 0.475. The quantitative estimate of drug-likeness (QED) is 0.703. The molecule has 0 aliphatic rings. The number of nitrogens with one attached hydrogen (secondary N) is 1. The number of hydrogen-bond donors (Lipinski definition) is 2. The van der Waals surface area contributed by atoms with Crippen LogP contribution >= 0.6 is 0 Å². The molecule has 0 fully saturated rings. The van der Waals surface area contributed by atoms with Crippen LogP contribution in [-0.2, 0) is 0 Å². The van der Waals surface area contributed by atoms with Crippen LogP contribution in [0.2, 0.25) is 0 Å². The van der Waals surface area contributed by atoms with Crippen LogP contribution in [0.4, 0.5) is 8.78 Å². The van der Waals surface area contributed by atoms with Gasteiger partial charge in [0.25, 0.3) is 0 Å². The zero-order valence-corrected chi connectivity index (χ0v) is 10.0. The highest BCUT2D eigenvalue weighted by molar-refractivity contribution is 5.80. The lowest BCUT2D eigenvalue weighted by Gasteiger charge is -2.02. The third-order valence-electron chi connectivity index (χ3n) is 2.97. The number of aromatic amines is 1. The van der Waals surface area contributed by atoms with E-state index >= 15 is 0 Å². The number of nitrogens with zero attached hydrogens (tertiary/aromatic N) is 1. The van der Waals surface area contributed by atoms with E-state index in [1.165, 1.54) is 12.1 Å². The SMILES string of the molecule is Cc1cc(O)ccc1-c1nc2c(F)cc(F)cc2[nH]1. The number of benzene rings is 2. The van der Waals surface area contributed by atoms with E-state index < -0.39 is 11.6 Å². The van der Waals surface area contributed by atoms with Gasteiger partial charge < -0.3 is 10.1 Å². The first-order valence-electron chi connectivity index (χ1n) is 5.69. The van der Waals surface area contributed by atoms with Gasteiger partial charge in [-0.3, -0.25) is 0 Å². The van der Waals surface area contributed by atoms with Gasteiger partial charge in [-0.05, 0) is 36.8 Å². The second-order valence-corrected chi connectivity index (χ2v) is 4.37. The molecule has 0 aliphatic heterocycles. The molecule has 0 saturated carbocycles. The highest BCUT2D eigenvalue weighted by atomic mass is 19.1. The maximum absolute atomic E-state index is 13.6. The molecular formula is C14H10F2N2O. The van der Waals surface area contributed by atoms with Crippen LogP contribution < -0.4 is 0 Å². The van der Waals surface area contributed by atoms with E-state index in [0.717, 1.165) is 17.2 Å². The fourth-order valence-electron chi connectivity index (χ4n) is 2.08. The molecule has 96 valence electrons. The Bertz CT molecular complexity index is 780. The highest BCUT2D eigenvalue weighted by Crippen LogP contribution is 2.27. The van der Waals surface area contributed by atoms with Crippen molar-refractivity contribution in [2.45, 2.75) is 6.92 Å². The fourth-order valence-corrected chi connectivity index (χ4v) is 2.08. The Morgan fingerprint density at radius 1 is 1.16 bits per heavy atom. The van der Waals surface area contributed by atoms with E-state index in [1.54, 1.807) is 19.1 Å². The smallest absolute Gasteiger partial charge is 0.153 e. The van der Waals surface area contributed by atoms with E-state index in [0.29, 0.717) is 11.3 Å². The Morgan fingerprint density at radius 2 is 1.95 bits per heavy atom. The Labute approximate surface area is 107 Å². The number of rotatable bonds is 1. The molecule has 1 aromatic heterocycles. The summed E-state index contributed by atoms with van der Waals surface area (Å²) in [4.78, 5) is 7.02. The predicted octanol–water partition coefficient (Wildman–Crippen LogP) is 3.52. The molecule has 0 atom stereocenters. The van der Waals surface area contributed by atoms with E-state index in [9.17, 15) is 13.9 Å².